The molecular formula is C31H36O7. The molecule has 3 aliphatic rings. The third-order valence-corrected chi connectivity index (χ3v) is 8.88. The van der Waals surface area contributed by atoms with E-state index in [0.717, 1.165) is 24.5 Å². The first-order valence-electron chi connectivity index (χ1n) is 13.0. The van der Waals surface area contributed by atoms with Crippen molar-refractivity contribution in [3.8, 4) is 5.75 Å². The fourth-order valence-corrected chi connectivity index (χ4v) is 7.22. The molecule has 0 saturated heterocycles. The number of rotatable bonds is 5. The number of phenolic OH excluding ortho intramolecular Hbond substituents is 1. The van der Waals surface area contributed by atoms with E-state index in [1.807, 2.05) is 19.1 Å². The Morgan fingerprint density at radius 2 is 1.82 bits per heavy atom. The van der Waals surface area contributed by atoms with Gasteiger partial charge in [-0.1, -0.05) is 65.0 Å². The number of carbonyl (C=O) groups excluding carboxylic acids is 3. The van der Waals surface area contributed by atoms with Crippen molar-refractivity contribution < 1.29 is 34.8 Å². The maximum Gasteiger partial charge on any atom is 0.203 e. The molecule has 1 saturated carbocycles. The van der Waals surface area contributed by atoms with Gasteiger partial charge < -0.3 is 20.4 Å². The molecule has 0 aliphatic heterocycles. The number of carbonyl (C=O) groups is 3. The van der Waals surface area contributed by atoms with Gasteiger partial charge in [-0.25, -0.2) is 0 Å². The Hall–Kier alpha value is -3.45. The van der Waals surface area contributed by atoms with Crippen molar-refractivity contribution in [2.45, 2.75) is 66.4 Å². The lowest BCUT2D eigenvalue weighted by Gasteiger charge is -2.59. The third kappa shape index (κ3) is 3.48. The summed E-state index contributed by atoms with van der Waals surface area (Å²) >= 11 is 0. The van der Waals surface area contributed by atoms with Crippen LogP contribution in [0.1, 0.15) is 71.1 Å². The fraction of sp³-hybridized carbons (Fsp3) is 0.452. The van der Waals surface area contributed by atoms with Gasteiger partial charge in [0.25, 0.3) is 0 Å². The number of ketones is 3. The van der Waals surface area contributed by atoms with Gasteiger partial charge in [-0.15, -0.1) is 0 Å². The molecule has 7 nitrogen and oxygen atoms in total. The van der Waals surface area contributed by atoms with E-state index in [0.29, 0.717) is 5.56 Å². The van der Waals surface area contributed by atoms with Crippen LogP contribution in [0, 0.1) is 22.7 Å². The Balaban J connectivity index is 2.04. The van der Waals surface area contributed by atoms with Crippen molar-refractivity contribution in [2.24, 2.45) is 22.7 Å². The van der Waals surface area contributed by atoms with Gasteiger partial charge in [0.2, 0.25) is 5.78 Å². The number of allylic oxidation sites excluding steroid dienone is 3. The summed E-state index contributed by atoms with van der Waals surface area (Å²) in [5, 5.41) is 45.5. The van der Waals surface area contributed by atoms with Crippen molar-refractivity contribution in [3.63, 3.8) is 0 Å². The van der Waals surface area contributed by atoms with Crippen LogP contribution in [0.2, 0.25) is 0 Å². The largest absolute Gasteiger partial charge is 0.508 e. The number of phenols is 1. The van der Waals surface area contributed by atoms with Crippen LogP contribution in [0.5, 0.6) is 5.75 Å². The number of aromatic hydroxyl groups is 1. The molecule has 7 heteroatoms. The van der Waals surface area contributed by atoms with E-state index in [4.69, 9.17) is 0 Å². The molecule has 0 radical (unpaired) electrons. The molecule has 0 bridgehead atoms. The van der Waals surface area contributed by atoms with Crippen LogP contribution in [-0.4, -0.2) is 43.4 Å². The molecule has 38 heavy (non-hydrogen) atoms. The number of aliphatic hydroxyl groups is 3. The predicted molar refractivity (Wildman–Crippen MR) is 144 cm³/mol. The summed E-state index contributed by atoms with van der Waals surface area (Å²) in [6.45, 7) is 14.0. The lowest BCUT2D eigenvalue weighted by molar-refractivity contribution is -0.178. The number of aliphatic hydroxyl groups excluding tert-OH is 2. The Labute approximate surface area is 222 Å². The average molecular weight is 521 g/mol. The molecular weight excluding hydrogens is 484 g/mol. The first kappa shape index (κ1) is 27.6. The molecule has 4 N–H and O–H groups in total. The number of hydrogen-bond donors (Lipinski definition) is 4. The van der Waals surface area contributed by atoms with Crippen LogP contribution in [-0.2, 0) is 20.8 Å². The topological polar surface area (TPSA) is 132 Å². The smallest absolute Gasteiger partial charge is 0.203 e. The minimum Gasteiger partial charge on any atom is -0.508 e. The van der Waals surface area contributed by atoms with Gasteiger partial charge in [0, 0.05) is 22.3 Å². The maximum atomic E-state index is 14.3. The van der Waals surface area contributed by atoms with Crippen LogP contribution >= 0.6 is 0 Å². The highest BCUT2D eigenvalue weighted by atomic mass is 16.3. The fourth-order valence-electron chi connectivity index (χ4n) is 7.22. The minimum atomic E-state index is -2.61. The minimum absolute atomic E-state index is 0.0609. The summed E-state index contributed by atoms with van der Waals surface area (Å²) in [4.78, 5) is 40.3. The van der Waals surface area contributed by atoms with Gasteiger partial charge in [0.05, 0.1) is 5.56 Å². The SMILES string of the molecule is C=C(/C=C/c1ccc(O)c2c1C[C@]1(C)C[C@]3(C)C(C(C)C)C(=O)C(C(C)=O)=C(O)[C@]3(O)C(=O)C1=C2O)CC. The summed E-state index contributed by atoms with van der Waals surface area (Å²) in [6, 6.07) is 3.16. The average Bonchev–Trinajstić information content (AvgIpc) is 2.80. The molecule has 4 rings (SSSR count). The lowest BCUT2D eigenvalue weighted by atomic mass is 9.43. The molecule has 1 unspecified atom stereocenters. The standard InChI is InChI=1S/C31H36O7/c1-8-16(4)9-10-18-11-12-20(33)22-19(18)13-29(6)14-30(7)23(15(2)3)25(34)21(17(5)32)27(36)31(30,38)28(37)24(29)26(22)35/h9-12,15,23,33,35-36,38H,4,8,13-14H2,1-3,5-7H3/b10-9+/t23?,29-,30-,31+/m1/s1. The molecule has 4 atom stereocenters. The van der Waals surface area contributed by atoms with Crippen LogP contribution in [0.25, 0.3) is 11.8 Å². The van der Waals surface area contributed by atoms with Crippen LogP contribution in [0.3, 0.4) is 0 Å². The number of hydrogen-bond acceptors (Lipinski definition) is 7. The highest BCUT2D eigenvalue weighted by Gasteiger charge is 2.72. The van der Waals surface area contributed by atoms with Crippen LogP contribution in [0.4, 0.5) is 0 Å². The van der Waals surface area contributed by atoms with E-state index in [1.54, 1.807) is 33.8 Å². The van der Waals surface area contributed by atoms with Crippen molar-refractivity contribution in [1.82, 2.24) is 0 Å². The first-order chi connectivity index (χ1) is 17.6. The van der Waals surface area contributed by atoms with Gasteiger partial charge in [-0.2, -0.15) is 0 Å². The van der Waals surface area contributed by atoms with Crippen LogP contribution in [0.15, 0.2) is 47.3 Å². The maximum absolute atomic E-state index is 14.3. The van der Waals surface area contributed by atoms with Gasteiger partial charge in [-0.05, 0) is 49.3 Å². The summed E-state index contributed by atoms with van der Waals surface area (Å²) < 4.78 is 0. The predicted octanol–water partition coefficient (Wildman–Crippen LogP) is 5.17. The molecule has 1 aromatic rings. The zero-order valence-corrected chi connectivity index (χ0v) is 22.8. The van der Waals surface area contributed by atoms with E-state index in [9.17, 15) is 34.8 Å². The quantitative estimate of drug-likeness (QED) is 0.311. The highest BCUT2D eigenvalue weighted by Crippen LogP contribution is 2.65. The highest BCUT2D eigenvalue weighted by molar-refractivity contribution is 6.24. The van der Waals surface area contributed by atoms with Crippen molar-refractivity contribution in [2.75, 3.05) is 0 Å². The summed E-state index contributed by atoms with van der Waals surface area (Å²) in [6.07, 6.45) is 4.75. The first-order valence-corrected chi connectivity index (χ1v) is 13.0. The van der Waals surface area contributed by atoms with Crippen LogP contribution < -0.4 is 0 Å². The Bertz CT molecular complexity index is 1390. The summed E-state index contributed by atoms with van der Waals surface area (Å²) in [7, 11) is 0. The van der Waals surface area contributed by atoms with Gasteiger partial charge >= 0.3 is 0 Å². The van der Waals surface area contributed by atoms with Gasteiger partial charge in [0.1, 0.15) is 22.8 Å². The normalized spacial score (nSPS) is 31.0. The summed E-state index contributed by atoms with van der Waals surface area (Å²) in [5.41, 5.74) is -3.50. The number of benzene rings is 1. The van der Waals surface area contributed by atoms with Gasteiger partial charge in [0.15, 0.2) is 17.2 Å². The lowest BCUT2D eigenvalue weighted by Crippen LogP contribution is -2.69. The van der Waals surface area contributed by atoms with E-state index in [2.05, 4.69) is 6.58 Å². The second-order valence-electron chi connectivity index (χ2n) is 11.8. The molecule has 1 fully saturated rings. The van der Waals surface area contributed by atoms with E-state index < -0.39 is 56.8 Å². The van der Waals surface area contributed by atoms with E-state index in [1.165, 1.54) is 6.07 Å². The van der Waals surface area contributed by atoms with Crippen molar-refractivity contribution in [3.05, 3.63) is 64.0 Å². The zero-order valence-electron chi connectivity index (χ0n) is 22.8. The Morgan fingerprint density at radius 3 is 2.37 bits per heavy atom. The van der Waals surface area contributed by atoms with Crippen molar-refractivity contribution >= 4 is 29.2 Å². The molecule has 0 spiro atoms. The monoisotopic (exact) mass is 520 g/mol. The Morgan fingerprint density at radius 1 is 1.18 bits per heavy atom. The molecule has 0 amide bonds. The van der Waals surface area contributed by atoms with Crippen molar-refractivity contribution in [1.29, 1.82) is 0 Å². The molecule has 0 heterocycles. The zero-order chi connectivity index (χ0) is 28.5. The molecule has 202 valence electrons. The summed E-state index contributed by atoms with van der Waals surface area (Å²) in [5.74, 6) is -5.29. The molecule has 0 aromatic heterocycles. The second-order valence-corrected chi connectivity index (χ2v) is 11.8. The van der Waals surface area contributed by atoms with E-state index >= 15 is 0 Å². The van der Waals surface area contributed by atoms with E-state index in [-0.39, 0.29) is 35.6 Å². The molecule has 3 aliphatic carbocycles. The van der Waals surface area contributed by atoms with Gasteiger partial charge in [-0.3, -0.25) is 14.4 Å². The third-order valence-electron chi connectivity index (χ3n) is 8.88. The Kier molecular flexibility index (Phi) is 6.39. The number of Topliss-reactive ketones (excluding diaryl/α,β-unsaturated/α-hetero) is 3. The molecule has 1 aromatic carbocycles. The second kappa shape index (κ2) is 8.80. The number of fused-ring (bicyclic) bond motifs is 3.